The summed E-state index contributed by atoms with van der Waals surface area (Å²) in [4.78, 5) is 0.496. The summed E-state index contributed by atoms with van der Waals surface area (Å²) in [5.41, 5.74) is 0.0106. The summed E-state index contributed by atoms with van der Waals surface area (Å²) >= 11 is 7.69. The molecule has 0 saturated carbocycles. The van der Waals surface area contributed by atoms with Crippen molar-refractivity contribution < 1.29 is 13.0 Å². The standard InChI is InChI=1S/C18H20ClF2NOS2/c1-2-24-12-4-3-11-22(18-13-15(20)7-10-17(18)21)25(23)16-8-5-14(19)6-9-16/h5-10,13H,2-4,11-12H2,1H3. The molecule has 0 heterocycles. The highest BCUT2D eigenvalue weighted by Gasteiger charge is 2.20. The van der Waals surface area contributed by atoms with E-state index in [0.717, 1.165) is 42.5 Å². The van der Waals surface area contributed by atoms with E-state index in [1.165, 1.54) is 4.31 Å². The molecule has 0 aromatic heterocycles. The van der Waals surface area contributed by atoms with Crippen molar-refractivity contribution in [3.63, 3.8) is 0 Å². The molecule has 7 heteroatoms. The fraction of sp³-hybridized carbons (Fsp3) is 0.333. The fourth-order valence-corrected chi connectivity index (χ4v) is 4.31. The molecule has 0 aliphatic heterocycles. The number of unbranched alkanes of at least 4 members (excludes halogenated alkanes) is 1. The van der Waals surface area contributed by atoms with Crippen molar-refractivity contribution in [2.75, 3.05) is 22.4 Å². The number of anilines is 1. The topological polar surface area (TPSA) is 20.3 Å². The molecule has 2 aromatic rings. The van der Waals surface area contributed by atoms with Crippen molar-refractivity contribution in [1.82, 2.24) is 0 Å². The molecule has 0 radical (unpaired) electrons. The van der Waals surface area contributed by atoms with Gasteiger partial charge < -0.3 is 0 Å². The zero-order valence-corrected chi connectivity index (χ0v) is 16.3. The van der Waals surface area contributed by atoms with Crippen LogP contribution in [0.1, 0.15) is 19.8 Å². The van der Waals surface area contributed by atoms with Crippen LogP contribution in [0.3, 0.4) is 0 Å². The van der Waals surface area contributed by atoms with Crippen molar-refractivity contribution in [1.29, 1.82) is 0 Å². The van der Waals surface area contributed by atoms with Crippen molar-refractivity contribution in [2.45, 2.75) is 24.7 Å². The molecule has 0 saturated heterocycles. The molecule has 25 heavy (non-hydrogen) atoms. The van der Waals surface area contributed by atoms with Crippen LogP contribution in [0.5, 0.6) is 0 Å². The number of benzene rings is 2. The van der Waals surface area contributed by atoms with Crippen LogP contribution in [0.2, 0.25) is 5.02 Å². The van der Waals surface area contributed by atoms with Gasteiger partial charge in [0.2, 0.25) is 0 Å². The largest absolute Gasteiger partial charge is 0.285 e. The Balaban J connectivity index is 2.23. The van der Waals surface area contributed by atoms with Gasteiger partial charge in [-0.15, -0.1) is 0 Å². The third-order valence-corrected chi connectivity index (χ3v) is 6.19. The van der Waals surface area contributed by atoms with Crippen LogP contribution in [0, 0.1) is 11.6 Å². The molecule has 0 aliphatic rings. The van der Waals surface area contributed by atoms with Crippen molar-refractivity contribution in [2.24, 2.45) is 0 Å². The zero-order chi connectivity index (χ0) is 18.2. The second-order valence-corrected chi connectivity index (χ2v) is 8.55. The number of hydrogen-bond acceptors (Lipinski definition) is 2. The Morgan fingerprint density at radius 1 is 1.12 bits per heavy atom. The smallest absolute Gasteiger partial charge is 0.153 e. The summed E-state index contributed by atoms with van der Waals surface area (Å²) in [5, 5.41) is 0.529. The minimum atomic E-state index is -1.64. The Labute approximate surface area is 159 Å². The number of thioether (sulfide) groups is 1. The lowest BCUT2D eigenvalue weighted by atomic mass is 10.2. The minimum Gasteiger partial charge on any atom is -0.285 e. The lowest BCUT2D eigenvalue weighted by Crippen LogP contribution is -2.28. The lowest BCUT2D eigenvalue weighted by Gasteiger charge is -2.24. The Kier molecular flexibility index (Phi) is 8.19. The normalized spacial score (nSPS) is 12.2. The van der Waals surface area contributed by atoms with Crippen molar-refractivity contribution in [3.05, 3.63) is 59.1 Å². The Hall–Kier alpha value is -1.11. The van der Waals surface area contributed by atoms with E-state index < -0.39 is 22.6 Å². The number of nitrogens with zero attached hydrogens (tertiary/aromatic N) is 1. The molecule has 0 spiro atoms. The molecule has 2 aromatic carbocycles. The second kappa shape index (κ2) is 10.1. The van der Waals surface area contributed by atoms with Gasteiger partial charge in [0.05, 0.1) is 10.6 Å². The first-order valence-electron chi connectivity index (χ1n) is 8.00. The Bertz CT molecular complexity index is 713. The maximum Gasteiger partial charge on any atom is 0.153 e. The molecule has 0 amide bonds. The SMILES string of the molecule is CCSCCCCN(c1cc(F)ccc1F)S(=O)c1ccc(Cl)cc1. The molecule has 2 nitrogen and oxygen atoms in total. The third kappa shape index (κ3) is 5.97. The van der Waals surface area contributed by atoms with Gasteiger partial charge in [0.25, 0.3) is 0 Å². The number of hydrogen-bond donors (Lipinski definition) is 0. The first-order valence-corrected chi connectivity index (χ1v) is 10.6. The monoisotopic (exact) mass is 403 g/mol. The quantitative estimate of drug-likeness (QED) is 0.502. The summed E-state index contributed by atoms with van der Waals surface area (Å²) in [6, 6.07) is 9.73. The van der Waals surface area contributed by atoms with E-state index >= 15 is 0 Å². The summed E-state index contributed by atoms with van der Waals surface area (Å²) < 4.78 is 42.2. The average molecular weight is 404 g/mol. The van der Waals surface area contributed by atoms with Gasteiger partial charge in [0.15, 0.2) is 11.0 Å². The van der Waals surface area contributed by atoms with Gasteiger partial charge >= 0.3 is 0 Å². The Morgan fingerprint density at radius 3 is 2.52 bits per heavy atom. The third-order valence-electron chi connectivity index (χ3n) is 3.50. The summed E-state index contributed by atoms with van der Waals surface area (Å²) in [6.45, 7) is 2.47. The molecular formula is C18H20ClF2NOS2. The first kappa shape index (κ1) is 20.2. The minimum absolute atomic E-state index is 0.0106. The highest BCUT2D eigenvalue weighted by atomic mass is 35.5. The van der Waals surface area contributed by atoms with E-state index in [-0.39, 0.29) is 5.69 Å². The second-order valence-electron chi connectivity index (χ2n) is 5.30. The molecule has 136 valence electrons. The highest BCUT2D eigenvalue weighted by Crippen LogP contribution is 2.26. The molecule has 0 fully saturated rings. The number of halogens is 3. The predicted molar refractivity (Wildman–Crippen MR) is 104 cm³/mol. The van der Waals surface area contributed by atoms with Crippen LogP contribution in [-0.2, 0) is 11.0 Å². The van der Waals surface area contributed by atoms with Gasteiger partial charge in [0.1, 0.15) is 11.6 Å². The van der Waals surface area contributed by atoms with Crippen molar-refractivity contribution in [3.8, 4) is 0 Å². The zero-order valence-electron chi connectivity index (χ0n) is 13.9. The summed E-state index contributed by atoms with van der Waals surface area (Å²) in [6.07, 6.45) is 1.66. The van der Waals surface area contributed by atoms with E-state index in [2.05, 4.69) is 6.92 Å². The summed E-state index contributed by atoms with van der Waals surface area (Å²) in [7, 11) is -1.64. The highest BCUT2D eigenvalue weighted by molar-refractivity contribution is 7.99. The van der Waals surface area contributed by atoms with Gasteiger partial charge in [0, 0.05) is 17.6 Å². The van der Waals surface area contributed by atoms with Crippen LogP contribution in [0.15, 0.2) is 47.4 Å². The Morgan fingerprint density at radius 2 is 1.84 bits per heavy atom. The van der Waals surface area contributed by atoms with E-state index in [0.29, 0.717) is 16.5 Å². The van der Waals surface area contributed by atoms with E-state index in [4.69, 9.17) is 11.6 Å². The molecule has 0 N–H and O–H groups in total. The molecule has 2 rings (SSSR count). The van der Waals surface area contributed by atoms with Crippen molar-refractivity contribution >= 4 is 40.0 Å². The summed E-state index contributed by atoms with van der Waals surface area (Å²) in [5.74, 6) is 0.880. The molecule has 0 bridgehead atoms. The van der Waals surface area contributed by atoms with Crippen LogP contribution in [0.25, 0.3) is 0 Å². The fourth-order valence-electron chi connectivity index (χ4n) is 2.25. The lowest BCUT2D eigenvalue weighted by molar-refractivity contribution is 0.597. The maximum atomic E-state index is 14.2. The van der Waals surface area contributed by atoms with E-state index in [1.54, 1.807) is 24.3 Å². The predicted octanol–water partition coefficient (Wildman–Crippen LogP) is 5.68. The molecular weight excluding hydrogens is 384 g/mol. The average Bonchev–Trinajstić information content (AvgIpc) is 2.61. The van der Waals surface area contributed by atoms with Gasteiger partial charge in [-0.2, -0.15) is 11.8 Å². The molecule has 1 unspecified atom stereocenters. The van der Waals surface area contributed by atoms with Crippen LogP contribution < -0.4 is 4.31 Å². The molecule has 1 atom stereocenters. The number of rotatable bonds is 9. The van der Waals surface area contributed by atoms with E-state index in [9.17, 15) is 13.0 Å². The van der Waals surface area contributed by atoms with Crippen LogP contribution in [0.4, 0.5) is 14.5 Å². The molecule has 0 aliphatic carbocycles. The van der Waals surface area contributed by atoms with Gasteiger partial charge in [-0.05, 0) is 60.7 Å². The van der Waals surface area contributed by atoms with Crippen LogP contribution >= 0.6 is 23.4 Å². The first-order chi connectivity index (χ1) is 12.0. The van der Waals surface area contributed by atoms with Gasteiger partial charge in [-0.25, -0.2) is 13.0 Å². The maximum absolute atomic E-state index is 14.2. The van der Waals surface area contributed by atoms with E-state index in [1.807, 2.05) is 11.8 Å². The van der Waals surface area contributed by atoms with Gasteiger partial charge in [-0.3, -0.25) is 4.31 Å². The van der Waals surface area contributed by atoms with Crippen LogP contribution in [-0.4, -0.2) is 22.3 Å². The van der Waals surface area contributed by atoms with Gasteiger partial charge in [-0.1, -0.05) is 18.5 Å².